The van der Waals surface area contributed by atoms with Crippen LogP contribution >= 0.6 is 0 Å². The fourth-order valence-electron chi connectivity index (χ4n) is 3.04. The number of aromatic nitrogens is 3. The second-order valence-corrected chi connectivity index (χ2v) is 6.28. The molecule has 1 amide bonds. The van der Waals surface area contributed by atoms with E-state index in [1.165, 1.54) is 4.57 Å². The Bertz CT molecular complexity index is 1000. The molecule has 3 aromatic rings. The molecule has 136 valence electrons. The minimum Gasteiger partial charge on any atom is -0.497 e. The summed E-state index contributed by atoms with van der Waals surface area (Å²) in [7, 11) is 3.34. The van der Waals surface area contributed by atoms with Crippen LogP contribution in [0.4, 0.5) is 0 Å². The molecule has 2 aromatic heterocycles. The third-order valence-corrected chi connectivity index (χ3v) is 4.46. The number of pyridine rings is 1. The first-order valence-electron chi connectivity index (χ1n) is 8.36. The lowest BCUT2D eigenvalue weighted by Crippen LogP contribution is -2.34. The quantitative estimate of drug-likeness (QED) is 0.759. The fourth-order valence-corrected chi connectivity index (χ4v) is 3.04. The molecule has 26 heavy (non-hydrogen) atoms. The van der Waals surface area contributed by atoms with Crippen molar-refractivity contribution in [1.82, 2.24) is 19.7 Å². The second-order valence-electron chi connectivity index (χ2n) is 6.28. The summed E-state index contributed by atoms with van der Waals surface area (Å²) in [6, 6.07) is 9.15. The fraction of sp³-hybridized carbons (Fsp3) is 0.316. The van der Waals surface area contributed by atoms with Crippen molar-refractivity contribution in [1.29, 1.82) is 0 Å². The van der Waals surface area contributed by atoms with E-state index in [0.29, 0.717) is 5.52 Å². The number of amides is 1. The zero-order valence-corrected chi connectivity index (χ0v) is 15.3. The Labute approximate surface area is 151 Å². The van der Waals surface area contributed by atoms with Gasteiger partial charge in [-0.05, 0) is 37.6 Å². The average Bonchev–Trinajstić information content (AvgIpc) is 2.91. The molecule has 0 fully saturated rings. The van der Waals surface area contributed by atoms with Crippen LogP contribution in [0.2, 0.25) is 0 Å². The number of aryl methyl sites for hydroxylation is 2. The molecule has 3 rings (SSSR count). The number of ether oxygens (including phenoxy) is 1. The van der Waals surface area contributed by atoms with Crippen molar-refractivity contribution in [2.75, 3.05) is 7.11 Å². The largest absolute Gasteiger partial charge is 0.497 e. The number of hydrogen-bond donors (Lipinski definition) is 1. The highest BCUT2D eigenvalue weighted by molar-refractivity contribution is 5.81. The predicted octanol–water partition coefficient (Wildman–Crippen LogP) is 1.93. The van der Waals surface area contributed by atoms with Gasteiger partial charge in [0, 0.05) is 18.6 Å². The van der Waals surface area contributed by atoms with Gasteiger partial charge in [0.2, 0.25) is 5.91 Å². The predicted molar refractivity (Wildman–Crippen MR) is 99.3 cm³/mol. The Kier molecular flexibility index (Phi) is 4.79. The van der Waals surface area contributed by atoms with Crippen LogP contribution in [-0.4, -0.2) is 27.4 Å². The van der Waals surface area contributed by atoms with Crippen molar-refractivity contribution < 1.29 is 9.53 Å². The number of carbonyl (C=O) groups excluding carboxylic acids is 1. The number of nitrogens with zero attached hydrogens (tertiary/aromatic N) is 3. The number of benzene rings is 1. The van der Waals surface area contributed by atoms with Gasteiger partial charge in [-0.1, -0.05) is 12.1 Å². The summed E-state index contributed by atoms with van der Waals surface area (Å²) < 4.78 is 8.10. The number of hydrogen-bond acceptors (Lipinski definition) is 4. The number of carbonyl (C=O) groups is 1. The zero-order valence-electron chi connectivity index (χ0n) is 15.3. The summed E-state index contributed by atoms with van der Waals surface area (Å²) in [6.45, 7) is 3.71. The molecular weight excluding hydrogens is 332 g/mol. The van der Waals surface area contributed by atoms with Crippen LogP contribution in [0.1, 0.15) is 24.2 Å². The first kappa shape index (κ1) is 17.7. The molecular formula is C19H22N4O3. The molecule has 1 N–H and O–H groups in total. The Hall–Kier alpha value is -3.09. The Morgan fingerprint density at radius 3 is 2.62 bits per heavy atom. The van der Waals surface area contributed by atoms with Crippen molar-refractivity contribution in [3.63, 3.8) is 0 Å². The van der Waals surface area contributed by atoms with Gasteiger partial charge in [-0.25, -0.2) is 0 Å². The van der Waals surface area contributed by atoms with E-state index in [0.717, 1.165) is 22.4 Å². The van der Waals surface area contributed by atoms with Gasteiger partial charge < -0.3 is 14.6 Å². The Morgan fingerprint density at radius 1 is 1.27 bits per heavy atom. The van der Waals surface area contributed by atoms with Crippen molar-refractivity contribution in [3.8, 4) is 5.75 Å². The molecule has 1 atom stereocenters. The summed E-state index contributed by atoms with van der Waals surface area (Å²) in [6.07, 6.45) is 1.64. The summed E-state index contributed by atoms with van der Waals surface area (Å²) >= 11 is 0. The maximum absolute atomic E-state index is 12.6. The summed E-state index contributed by atoms with van der Waals surface area (Å²) in [5, 5.41) is 7.99. The molecule has 0 aliphatic heterocycles. The first-order valence-corrected chi connectivity index (χ1v) is 8.36. The molecule has 0 aliphatic carbocycles. The molecule has 0 bridgehead atoms. The molecule has 7 nitrogen and oxygen atoms in total. The van der Waals surface area contributed by atoms with Crippen LogP contribution in [0.3, 0.4) is 0 Å². The Morgan fingerprint density at radius 2 is 1.96 bits per heavy atom. The van der Waals surface area contributed by atoms with Gasteiger partial charge in [-0.3, -0.25) is 14.3 Å². The highest BCUT2D eigenvalue weighted by atomic mass is 16.5. The summed E-state index contributed by atoms with van der Waals surface area (Å²) in [5.74, 6) is 0.535. The van der Waals surface area contributed by atoms with Crippen LogP contribution in [0.25, 0.3) is 10.9 Å². The van der Waals surface area contributed by atoms with Crippen LogP contribution in [-0.2, 0) is 18.4 Å². The van der Waals surface area contributed by atoms with Gasteiger partial charge in [0.15, 0.2) is 0 Å². The first-order chi connectivity index (χ1) is 12.4. The monoisotopic (exact) mass is 354 g/mol. The molecule has 0 spiro atoms. The molecule has 0 saturated heterocycles. The molecule has 0 unspecified atom stereocenters. The maximum atomic E-state index is 12.6. The highest BCUT2D eigenvalue weighted by Crippen LogP contribution is 2.17. The zero-order chi connectivity index (χ0) is 18.8. The van der Waals surface area contributed by atoms with Crippen LogP contribution in [0.5, 0.6) is 5.75 Å². The number of methoxy groups -OCH3 is 1. The van der Waals surface area contributed by atoms with Crippen LogP contribution in [0.15, 0.2) is 41.3 Å². The number of fused-ring (bicyclic) bond motifs is 1. The van der Waals surface area contributed by atoms with Crippen LogP contribution in [0, 0.1) is 6.92 Å². The van der Waals surface area contributed by atoms with Gasteiger partial charge in [-0.2, -0.15) is 5.10 Å². The van der Waals surface area contributed by atoms with Crippen molar-refractivity contribution in [2.24, 2.45) is 7.05 Å². The van der Waals surface area contributed by atoms with E-state index in [1.807, 2.05) is 44.2 Å². The molecule has 0 radical (unpaired) electrons. The van der Waals surface area contributed by atoms with E-state index >= 15 is 0 Å². The molecule has 1 aromatic carbocycles. The van der Waals surface area contributed by atoms with E-state index in [4.69, 9.17) is 4.74 Å². The minimum absolute atomic E-state index is 0.0422. The summed E-state index contributed by atoms with van der Waals surface area (Å²) in [5.41, 5.74) is 2.03. The molecule has 7 heteroatoms. The van der Waals surface area contributed by atoms with Crippen LogP contribution < -0.4 is 15.6 Å². The lowest BCUT2D eigenvalue weighted by molar-refractivity contribution is -0.122. The topological polar surface area (TPSA) is 78.2 Å². The second kappa shape index (κ2) is 7.03. The standard InChI is InChI=1S/C19H22N4O3/c1-12(14-5-7-15(26-4)8-6-14)20-17(24)11-23-10-9-16-13(2)21-22(3)18(16)19(23)25/h5-10,12H,11H2,1-4H3,(H,20,24)/t12-/m1/s1. The Balaban J connectivity index is 1.75. The third-order valence-electron chi connectivity index (χ3n) is 4.46. The molecule has 0 aliphatic rings. The van der Waals surface area contributed by atoms with Crippen molar-refractivity contribution >= 4 is 16.8 Å². The van der Waals surface area contributed by atoms with E-state index in [9.17, 15) is 9.59 Å². The van der Waals surface area contributed by atoms with Gasteiger partial charge in [-0.15, -0.1) is 0 Å². The smallest absolute Gasteiger partial charge is 0.277 e. The molecule has 2 heterocycles. The summed E-state index contributed by atoms with van der Waals surface area (Å²) in [4.78, 5) is 25.0. The van der Waals surface area contributed by atoms with Crippen molar-refractivity contribution in [2.45, 2.75) is 26.4 Å². The van der Waals surface area contributed by atoms with E-state index in [-0.39, 0.29) is 24.1 Å². The van der Waals surface area contributed by atoms with Gasteiger partial charge in [0.25, 0.3) is 5.56 Å². The van der Waals surface area contributed by atoms with E-state index in [1.54, 1.807) is 25.0 Å². The minimum atomic E-state index is -0.228. The number of rotatable bonds is 5. The third kappa shape index (κ3) is 3.33. The van der Waals surface area contributed by atoms with Gasteiger partial charge in [0.05, 0.1) is 18.8 Å². The van der Waals surface area contributed by atoms with E-state index < -0.39 is 0 Å². The van der Waals surface area contributed by atoms with E-state index in [2.05, 4.69) is 10.4 Å². The maximum Gasteiger partial charge on any atom is 0.277 e. The van der Waals surface area contributed by atoms with Gasteiger partial charge >= 0.3 is 0 Å². The number of nitrogens with one attached hydrogen (secondary N) is 1. The normalized spacial score (nSPS) is 12.2. The highest BCUT2D eigenvalue weighted by Gasteiger charge is 2.14. The lowest BCUT2D eigenvalue weighted by atomic mass is 10.1. The SMILES string of the molecule is COc1ccc([C@@H](C)NC(=O)Cn2ccc3c(C)nn(C)c3c2=O)cc1. The lowest BCUT2D eigenvalue weighted by Gasteiger charge is -2.15. The van der Waals surface area contributed by atoms with Gasteiger partial charge in [0.1, 0.15) is 17.8 Å². The van der Waals surface area contributed by atoms with Crippen molar-refractivity contribution in [3.05, 3.63) is 58.1 Å². The molecule has 0 saturated carbocycles. The average molecular weight is 354 g/mol.